The molecule has 1 N–H and O–H groups in total. The van der Waals surface area contributed by atoms with E-state index in [1.165, 1.54) is 6.20 Å². The zero-order valence-corrected chi connectivity index (χ0v) is 16.4. The molecule has 5 heterocycles. The van der Waals surface area contributed by atoms with Gasteiger partial charge in [-0.1, -0.05) is 6.92 Å². The summed E-state index contributed by atoms with van der Waals surface area (Å²) in [6.45, 7) is 1.69. The van der Waals surface area contributed by atoms with Gasteiger partial charge in [0.05, 0.1) is 26.0 Å². The van der Waals surface area contributed by atoms with Crippen molar-refractivity contribution in [2.24, 2.45) is 12.9 Å². The van der Waals surface area contributed by atoms with Crippen LogP contribution in [0.15, 0.2) is 18.5 Å². The van der Waals surface area contributed by atoms with Crippen LogP contribution in [0.4, 0.5) is 11.6 Å². The number of hydrogen-bond donors (Lipinski definition) is 1. The van der Waals surface area contributed by atoms with Crippen LogP contribution in [-0.4, -0.2) is 56.8 Å². The number of rotatable bonds is 5. The third kappa shape index (κ3) is 3.36. The van der Waals surface area contributed by atoms with Gasteiger partial charge in [0, 0.05) is 41.2 Å². The van der Waals surface area contributed by atoms with E-state index in [0.29, 0.717) is 43.5 Å². The fourth-order valence-corrected chi connectivity index (χ4v) is 3.83. The minimum Gasteiger partial charge on any atom is -0.467 e. The molecule has 10 nitrogen and oxygen atoms in total. The third-order valence-electron chi connectivity index (χ3n) is 5.43. The first-order valence-corrected chi connectivity index (χ1v) is 9.81. The van der Waals surface area contributed by atoms with Crippen LogP contribution in [0.5, 0.6) is 5.88 Å². The summed E-state index contributed by atoms with van der Waals surface area (Å²) in [5, 5.41) is 17.6. The highest BCUT2D eigenvalue weighted by Gasteiger charge is 2.28. The van der Waals surface area contributed by atoms with Crippen LogP contribution >= 0.6 is 0 Å². The fraction of sp³-hybridized carbons (Fsp3) is 0.500. The average Bonchev–Trinajstić information content (AvgIpc) is 3.32. The molecule has 3 aromatic rings. The second kappa shape index (κ2) is 7.59. The van der Waals surface area contributed by atoms with Gasteiger partial charge in [-0.3, -0.25) is 4.68 Å². The highest BCUT2D eigenvalue weighted by molar-refractivity contribution is 5.79. The Morgan fingerprint density at radius 1 is 1.37 bits per heavy atom. The van der Waals surface area contributed by atoms with Gasteiger partial charge in [0.25, 0.3) is 5.88 Å². The van der Waals surface area contributed by atoms with Crippen molar-refractivity contribution in [2.75, 3.05) is 31.7 Å². The Morgan fingerprint density at radius 2 is 2.27 bits per heavy atom. The molecule has 0 radical (unpaired) electrons. The minimum atomic E-state index is -2.46. The van der Waals surface area contributed by atoms with Gasteiger partial charge in [-0.25, -0.2) is 4.98 Å². The largest absolute Gasteiger partial charge is 0.467 e. The van der Waals surface area contributed by atoms with Crippen molar-refractivity contribution < 1.29 is 18.3 Å². The van der Waals surface area contributed by atoms with Gasteiger partial charge in [0.15, 0.2) is 0 Å². The number of anilines is 2. The van der Waals surface area contributed by atoms with E-state index in [9.17, 15) is 5.26 Å². The van der Waals surface area contributed by atoms with Crippen LogP contribution in [0.3, 0.4) is 0 Å². The van der Waals surface area contributed by atoms with E-state index in [4.69, 9.17) is 18.3 Å². The van der Waals surface area contributed by atoms with Gasteiger partial charge < -0.3 is 24.1 Å². The average molecular weight is 412 g/mol. The smallest absolute Gasteiger partial charge is 0.257 e. The standard InChI is InChI=1S/C20H23N7O3/c1-12-9-28-4-3-17(12)27-14(6-21)5-13-7-22-20(24-18(13)27)23-16-8-26(2)25-19(16)30-15-10-29-11-15/h5,7-8,12,15,17H,3-4,9-11H2,1-2H3,(H,22,23,24)/t12-,17-/m0/s1/i2D3. The number of fused-ring (bicyclic) bond motifs is 1. The Labute approximate surface area is 177 Å². The Morgan fingerprint density at radius 3 is 3.00 bits per heavy atom. The van der Waals surface area contributed by atoms with Gasteiger partial charge in [-0.15, -0.1) is 5.10 Å². The van der Waals surface area contributed by atoms with E-state index in [1.807, 2.05) is 4.57 Å². The summed E-state index contributed by atoms with van der Waals surface area (Å²) in [6.07, 6.45) is 3.56. The molecular weight excluding hydrogens is 386 g/mol. The molecule has 156 valence electrons. The second-order valence-electron chi connectivity index (χ2n) is 7.59. The Balaban J connectivity index is 1.51. The van der Waals surface area contributed by atoms with E-state index in [-0.39, 0.29) is 29.9 Å². The molecule has 30 heavy (non-hydrogen) atoms. The highest BCUT2D eigenvalue weighted by atomic mass is 16.6. The van der Waals surface area contributed by atoms with Gasteiger partial charge >= 0.3 is 0 Å². The molecular formula is C20H23N7O3. The molecule has 2 atom stereocenters. The van der Waals surface area contributed by atoms with Crippen LogP contribution in [-0.2, 0) is 16.4 Å². The van der Waals surface area contributed by atoms with Crippen molar-refractivity contribution in [1.29, 1.82) is 5.26 Å². The molecule has 2 aliphatic rings. The summed E-state index contributed by atoms with van der Waals surface area (Å²) in [5.41, 5.74) is 1.47. The Bertz CT molecular complexity index is 1210. The van der Waals surface area contributed by atoms with Crippen molar-refractivity contribution in [3.63, 3.8) is 0 Å². The predicted molar refractivity (Wildman–Crippen MR) is 108 cm³/mol. The maximum atomic E-state index is 9.71. The minimum absolute atomic E-state index is 0.0736. The first-order chi connectivity index (χ1) is 15.8. The van der Waals surface area contributed by atoms with Crippen LogP contribution < -0.4 is 10.1 Å². The monoisotopic (exact) mass is 412 g/mol. The number of hydrogen-bond acceptors (Lipinski definition) is 8. The molecule has 2 aliphatic heterocycles. The molecule has 2 fully saturated rings. The molecule has 0 aromatic carbocycles. The predicted octanol–water partition coefficient (Wildman–Crippen LogP) is 2.16. The number of ether oxygens (including phenoxy) is 3. The molecule has 0 amide bonds. The normalized spacial score (nSPS) is 23.8. The molecule has 3 aromatic heterocycles. The topological polar surface area (TPSA) is 112 Å². The van der Waals surface area contributed by atoms with Crippen LogP contribution in [0, 0.1) is 17.2 Å². The molecule has 0 spiro atoms. The number of nitrogens with one attached hydrogen (secondary N) is 1. The summed E-state index contributed by atoms with van der Waals surface area (Å²) in [5.74, 6) is 0.593. The van der Waals surface area contributed by atoms with Crippen LogP contribution in [0.2, 0.25) is 0 Å². The lowest BCUT2D eigenvalue weighted by Crippen LogP contribution is -2.38. The summed E-state index contributed by atoms with van der Waals surface area (Å²) in [7, 11) is 0. The molecule has 2 saturated heterocycles. The maximum absolute atomic E-state index is 9.71. The van der Waals surface area contributed by atoms with E-state index in [2.05, 4.69) is 33.4 Å². The fourth-order valence-electron chi connectivity index (χ4n) is 3.83. The van der Waals surface area contributed by atoms with Crippen molar-refractivity contribution in [3.05, 3.63) is 24.2 Å². The molecule has 0 bridgehead atoms. The van der Waals surface area contributed by atoms with E-state index in [0.717, 1.165) is 16.5 Å². The van der Waals surface area contributed by atoms with Gasteiger partial charge in [0.1, 0.15) is 29.2 Å². The number of nitrogens with zero attached hydrogens (tertiary/aromatic N) is 6. The molecule has 0 unspecified atom stereocenters. The summed E-state index contributed by atoms with van der Waals surface area (Å²) < 4.78 is 42.2. The summed E-state index contributed by atoms with van der Waals surface area (Å²) in [6, 6.07) is 4.11. The highest BCUT2D eigenvalue weighted by Crippen LogP contribution is 2.33. The first-order valence-electron chi connectivity index (χ1n) is 11.3. The summed E-state index contributed by atoms with van der Waals surface area (Å²) >= 11 is 0. The van der Waals surface area contributed by atoms with Crippen molar-refractivity contribution in [1.82, 2.24) is 24.3 Å². The first kappa shape index (κ1) is 15.6. The van der Waals surface area contributed by atoms with Crippen LogP contribution in [0.1, 0.15) is 29.2 Å². The van der Waals surface area contributed by atoms with Crippen molar-refractivity contribution >= 4 is 22.7 Å². The zero-order chi connectivity index (χ0) is 23.2. The van der Waals surface area contributed by atoms with Crippen LogP contribution in [0.25, 0.3) is 11.0 Å². The van der Waals surface area contributed by atoms with E-state index >= 15 is 0 Å². The van der Waals surface area contributed by atoms with E-state index in [1.54, 1.807) is 12.3 Å². The van der Waals surface area contributed by atoms with Crippen molar-refractivity contribution in [3.8, 4) is 11.9 Å². The van der Waals surface area contributed by atoms with Crippen molar-refractivity contribution in [2.45, 2.75) is 25.5 Å². The number of nitriles is 1. The lowest BCUT2D eigenvalue weighted by Gasteiger charge is -2.31. The third-order valence-corrected chi connectivity index (χ3v) is 5.43. The molecule has 0 saturated carbocycles. The number of aromatic nitrogens is 5. The summed E-state index contributed by atoms with van der Waals surface area (Å²) in [4.78, 5) is 9.02. The lowest BCUT2D eigenvalue weighted by molar-refractivity contribution is -0.0812. The SMILES string of the molecule is [2H]C([2H])([2H])n1cc(Nc2ncc3cc(C#N)n([C@H]4CCOC[C@@H]4C)c3n2)c(OC2COC2)n1. The Hall–Kier alpha value is -3.16. The molecule has 10 heteroatoms. The van der Waals surface area contributed by atoms with E-state index < -0.39 is 6.98 Å². The molecule has 5 rings (SSSR count). The molecule has 0 aliphatic carbocycles. The Kier molecular flexibility index (Phi) is 3.96. The second-order valence-corrected chi connectivity index (χ2v) is 7.59. The quantitative estimate of drug-likeness (QED) is 0.678. The van der Waals surface area contributed by atoms with Gasteiger partial charge in [-0.2, -0.15) is 10.2 Å². The number of aryl methyl sites for hydroxylation is 1. The van der Waals surface area contributed by atoms with Gasteiger partial charge in [-0.05, 0) is 12.5 Å². The van der Waals surface area contributed by atoms with Gasteiger partial charge in [0.2, 0.25) is 5.95 Å². The lowest BCUT2D eigenvalue weighted by atomic mass is 9.97. The zero-order valence-electron chi connectivity index (χ0n) is 19.4. The maximum Gasteiger partial charge on any atom is 0.257 e.